The highest BCUT2D eigenvalue weighted by Gasteiger charge is 2.37. The zero-order valence-electron chi connectivity index (χ0n) is 16.7. The molecule has 32 heavy (non-hydrogen) atoms. The Labute approximate surface area is 187 Å². The lowest BCUT2D eigenvalue weighted by Crippen LogP contribution is -2.21. The summed E-state index contributed by atoms with van der Waals surface area (Å²) >= 11 is 0. The van der Waals surface area contributed by atoms with Crippen LogP contribution in [0.5, 0.6) is 5.75 Å². The predicted octanol–water partition coefficient (Wildman–Crippen LogP) is 4.59. The largest absolute Gasteiger partial charge is 0.741 e. The Morgan fingerprint density at radius 2 is 1.22 bits per heavy atom. The van der Waals surface area contributed by atoms with Gasteiger partial charge in [-0.2, -0.15) is 13.2 Å². The first-order chi connectivity index (χ1) is 15.1. The summed E-state index contributed by atoms with van der Waals surface area (Å²) in [6, 6.07) is 29.5. The Kier molecular flexibility index (Phi) is 9.58. The molecule has 3 aromatic rings. The summed E-state index contributed by atoms with van der Waals surface area (Å²) in [5.74, 6) is 0.844. The Hall–Kier alpha value is -2.53. The zero-order valence-corrected chi connectivity index (χ0v) is 18.4. The van der Waals surface area contributed by atoms with Gasteiger partial charge in [0, 0.05) is 13.0 Å². The van der Waals surface area contributed by atoms with Crippen LogP contribution in [0.4, 0.5) is 13.2 Å². The van der Waals surface area contributed by atoms with E-state index >= 15 is 0 Å². The van der Waals surface area contributed by atoms with Crippen LogP contribution >= 0.6 is 0 Å². The van der Waals surface area contributed by atoms with Crippen LogP contribution in [0, 0.1) is 0 Å². The third-order valence-electron chi connectivity index (χ3n) is 3.87. The molecule has 10 heteroatoms. The molecule has 0 saturated heterocycles. The topological polar surface area (TPSA) is 86.7 Å². The van der Waals surface area contributed by atoms with Crippen molar-refractivity contribution in [1.29, 1.82) is 0 Å². The summed E-state index contributed by atoms with van der Waals surface area (Å²) < 4.78 is 64.5. The summed E-state index contributed by atoms with van der Waals surface area (Å²) in [6.45, 7) is 0.697. The van der Waals surface area contributed by atoms with E-state index < -0.39 is 15.6 Å². The maximum atomic E-state index is 10.7. The van der Waals surface area contributed by atoms with Crippen molar-refractivity contribution in [1.82, 2.24) is 0 Å². The fraction of sp³-hybridized carbons (Fsp3) is 0.182. The van der Waals surface area contributed by atoms with Crippen molar-refractivity contribution >= 4 is 21.0 Å². The van der Waals surface area contributed by atoms with Gasteiger partial charge in [-0.1, -0.05) is 36.4 Å². The Morgan fingerprint density at radius 1 is 0.812 bits per heavy atom. The van der Waals surface area contributed by atoms with E-state index in [2.05, 4.69) is 60.7 Å². The van der Waals surface area contributed by atoms with Crippen LogP contribution in [0.3, 0.4) is 0 Å². The number of benzene rings is 3. The highest BCUT2D eigenvalue weighted by atomic mass is 32.2. The molecular formula is C22H21F3O5S2. The molecular weight excluding hydrogens is 465 g/mol. The van der Waals surface area contributed by atoms with E-state index in [1.54, 1.807) is 0 Å². The van der Waals surface area contributed by atoms with E-state index in [9.17, 15) is 13.2 Å². The molecule has 0 amide bonds. The van der Waals surface area contributed by atoms with Crippen molar-refractivity contribution in [3.63, 3.8) is 0 Å². The van der Waals surface area contributed by atoms with Crippen LogP contribution < -0.4 is 4.74 Å². The number of hydrogen-bond donors (Lipinski definition) is 1. The standard InChI is InChI=1S/C21H21O2S.CHF3O3S/c22-16-7-17-23-18-12-14-21(15-13-18)24(19-8-3-1-4-9-19)20-10-5-2-6-11-20;2-1(3,4)8(5,6)7/h1-6,8-15,22H,7,16-17H2;(H,5,6,7)/q+1;/p-1. The van der Waals surface area contributed by atoms with Gasteiger partial charge in [0.2, 0.25) is 0 Å². The van der Waals surface area contributed by atoms with Gasteiger partial charge in [0.25, 0.3) is 0 Å². The van der Waals surface area contributed by atoms with Crippen LogP contribution in [0.2, 0.25) is 0 Å². The molecule has 0 unspecified atom stereocenters. The fourth-order valence-electron chi connectivity index (χ4n) is 2.45. The monoisotopic (exact) mass is 486 g/mol. The minimum absolute atomic E-state index is 0.126. The number of hydrogen-bond acceptors (Lipinski definition) is 5. The van der Waals surface area contributed by atoms with Gasteiger partial charge in [-0.25, -0.2) is 8.42 Å². The molecule has 1 N–H and O–H groups in total. The molecule has 5 nitrogen and oxygen atoms in total. The van der Waals surface area contributed by atoms with Crippen molar-refractivity contribution in [2.24, 2.45) is 0 Å². The Balaban J connectivity index is 0.000000390. The summed E-state index contributed by atoms with van der Waals surface area (Å²) in [4.78, 5) is 3.87. The molecule has 0 aliphatic rings. The first kappa shape index (κ1) is 25.7. The lowest BCUT2D eigenvalue weighted by Gasteiger charge is -2.09. The van der Waals surface area contributed by atoms with Gasteiger partial charge in [0.05, 0.1) is 17.5 Å². The van der Waals surface area contributed by atoms with Crippen LogP contribution in [-0.2, 0) is 21.0 Å². The molecule has 0 radical (unpaired) electrons. The molecule has 0 atom stereocenters. The highest BCUT2D eigenvalue weighted by molar-refractivity contribution is 7.97. The molecule has 0 spiro atoms. The average Bonchev–Trinajstić information content (AvgIpc) is 2.76. The zero-order chi connectivity index (χ0) is 23.6. The number of ether oxygens (including phenoxy) is 1. The van der Waals surface area contributed by atoms with Gasteiger partial charge in [-0.05, 0) is 48.5 Å². The van der Waals surface area contributed by atoms with Gasteiger partial charge in [-0.15, -0.1) is 0 Å². The minimum Gasteiger partial charge on any atom is -0.741 e. The van der Waals surface area contributed by atoms with E-state index in [4.69, 9.17) is 22.8 Å². The molecule has 172 valence electrons. The van der Waals surface area contributed by atoms with E-state index in [0.29, 0.717) is 13.0 Å². The van der Waals surface area contributed by atoms with Crippen LogP contribution in [0.15, 0.2) is 99.6 Å². The molecule has 3 aromatic carbocycles. The Bertz CT molecular complexity index is 1000. The van der Waals surface area contributed by atoms with Crippen LogP contribution in [0.1, 0.15) is 6.42 Å². The summed E-state index contributed by atoms with van der Waals surface area (Å²) in [7, 11) is -6.22. The fourth-order valence-corrected chi connectivity index (χ4v) is 4.53. The first-order valence-electron chi connectivity index (χ1n) is 9.34. The molecule has 0 bridgehead atoms. The van der Waals surface area contributed by atoms with E-state index in [-0.39, 0.29) is 17.5 Å². The van der Waals surface area contributed by atoms with Gasteiger partial charge in [0.15, 0.2) is 24.8 Å². The average molecular weight is 487 g/mol. The number of alkyl halides is 3. The third-order valence-corrected chi connectivity index (χ3v) is 6.67. The molecule has 0 fully saturated rings. The third kappa shape index (κ3) is 7.86. The van der Waals surface area contributed by atoms with E-state index in [1.807, 2.05) is 24.3 Å². The number of aliphatic hydroxyl groups is 1. The smallest absolute Gasteiger partial charge is 0.485 e. The number of halogens is 3. The van der Waals surface area contributed by atoms with Gasteiger partial charge < -0.3 is 14.4 Å². The maximum absolute atomic E-state index is 10.7. The molecule has 0 heterocycles. The molecule has 0 aliphatic carbocycles. The van der Waals surface area contributed by atoms with Gasteiger partial charge in [-0.3, -0.25) is 0 Å². The van der Waals surface area contributed by atoms with E-state index in [0.717, 1.165) is 5.75 Å². The molecule has 3 rings (SSSR count). The van der Waals surface area contributed by atoms with E-state index in [1.165, 1.54) is 14.7 Å². The van der Waals surface area contributed by atoms with Crippen LogP contribution in [-0.4, -0.2) is 36.8 Å². The summed E-state index contributed by atoms with van der Waals surface area (Å²) in [6.07, 6.45) is 0.653. The SMILES string of the molecule is O=S(=O)([O-])C(F)(F)F.OCCCOc1ccc([S+](c2ccccc2)c2ccccc2)cc1. The van der Waals surface area contributed by atoms with Crippen molar-refractivity contribution in [3.8, 4) is 5.75 Å². The van der Waals surface area contributed by atoms with Gasteiger partial charge >= 0.3 is 5.51 Å². The number of aliphatic hydroxyl groups excluding tert-OH is 1. The summed E-state index contributed by atoms with van der Waals surface area (Å²) in [5, 5.41) is 8.83. The lowest BCUT2D eigenvalue weighted by atomic mass is 10.3. The molecule has 0 aliphatic heterocycles. The first-order valence-corrected chi connectivity index (χ1v) is 12.0. The molecule has 0 saturated carbocycles. The second-order valence-electron chi connectivity index (χ2n) is 6.23. The normalized spacial score (nSPS) is 11.6. The lowest BCUT2D eigenvalue weighted by molar-refractivity contribution is -0.0517. The summed E-state index contributed by atoms with van der Waals surface area (Å²) in [5.41, 5.74) is -5.65. The second-order valence-corrected chi connectivity index (χ2v) is 9.63. The minimum atomic E-state index is -6.09. The predicted molar refractivity (Wildman–Crippen MR) is 114 cm³/mol. The second kappa shape index (κ2) is 11.9. The molecule has 0 aromatic heterocycles. The quantitative estimate of drug-likeness (QED) is 0.228. The number of rotatable bonds is 7. The van der Waals surface area contributed by atoms with Crippen molar-refractivity contribution in [2.75, 3.05) is 13.2 Å². The Morgan fingerprint density at radius 3 is 1.59 bits per heavy atom. The van der Waals surface area contributed by atoms with Crippen LogP contribution in [0.25, 0.3) is 0 Å². The maximum Gasteiger partial charge on any atom is 0.485 e. The van der Waals surface area contributed by atoms with Gasteiger partial charge in [0.1, 0.15) is 5.75 Å². The van der Waals surface area contributed by atoms with Crippen molar-refractivity contribution < 1.29 is 36.0 Å². The van der Waals surface area contributed by atoms with Crippen molar-refractivity contribution in [3.05, 3.63) is 84.9 Å². The van der Waals surface area contributed by atoms with Crippen molar-refractivity contribution in [2.45, 2.75) is 26.6 Å². The highest BCUT2D eigenvalue weighted by Crippen LogP contribution is 2.31.